The molecule has 1 atom stereocenters. The maximum Gasteiger partial charge on any atom is 0.135 e. The molecule has 0 amide bonds. The number of hydrogen-bond acceptors (Lipinski definition) is 2. The molecule has 0 bridgehead atoms. The molecule has 0 saturated heterocycles. The van der Waals surface area contributed by atoms with Crippen LogP contribution in [-0.4, -0.2) is 9.55 Å². The van der Waals surface area contributed by atoms with E-state index in [4.69, 9.17) is 0 Å². The molecule has 0 radical (unpaired) electrons. The van der Waals surface area contributed by atoms with Gasteiger partial charge in [0.05, 0.1) is 6.04 Å². The van der Waals surface area contributed by atoms with Crippen molar-refractivity contribution in [3.63, 3.8) is 0 Å². The highest BCUT2D eigenvalue weighted by Crippen LogP contribution is 2.13. The van der Waals surface area contributed by atoms with Crippen LogP contribution in [0.4, 0.5) is 0 Å². The van der Waals surface area contributed by atoms with Gasteiger partial charge in [-0.15, -0.1) is 0 Å². The Morgan fingerprint density at radius 2 is 1.93 bits per heavy atom. The first-order valence-electron chi connectivity index (χ1n) is 5.33. The Kier molecular flexibility index (Phi) is 6.54. The van der Waals surface area contributed by atoms with Crippen LogP contribution in [0.25, 0.3) is 6.20 Å². The lowest BCUT2D eigenvalue weighted by atomic mass is 10.3. The average Bonchev–Trinajstić information content (AvgIpc) is 2.73. The summed E-state index contributed by atoms with van der Waals surface area (Å²) in [6.45, 7) is 10.1. The van der Waals surface area contributed by atoms with Crippen molar-refractivity contribution in [2.75, 3.05) is 0 Å². The highest BCUT2D eigenvalue weighted by Gasteiger charge is 2.10. The lowest BCUT2D eigenvalue weighted by molar-refractivity contribution is 0.615. The summed E-state index contributed by atoms with van der Waals surface area (Å²) in [6, 6.07) is 0.333. The lowest BCUT2D eigenvalue weighted by Crippen LogP contribution is -2.19. The second-order valence-corrected chi connectivity index (χ2v) is 2.40. The number of hydrogen-bond donors (Lipinski definition) is 1. The third-order valence-corrected chi connectivity index (χ3v) is 1.67. The van der Waals surface area contributed by atoms with E-state index in [1.165, 1.54) is 0 Å². The molecule has 1 aliphatic heterocycles. The third kappa shape index (κ3) is 2.91. The molecule has 1 aromatic rings. The first-order valence-corrected chi connectivity index (χ1v) is 5.33. The standard InChI is InChI=1S/C7H9N3.2C2H6/c1-6-7-9-3-5-10(7)4-2-8-6;2*1-2/h2-6,8H,1H3;2*1-2H3. The Morgan fingerprint density at radius 1 is 1.29 bits per heavy atom. The Morgan fingerprint density at radius 3 is 2.50 bits per heavy atom. The van der Waals surface area contributed by atoms with Crippen molar-refractivity contribution in [1.29, 1.82) is 0 Å². The van der Waals surface area contributed by atoms with Crippen LogP contribution in [-0.2, 0) is 0 Å². The van der Waals surface area contributed by atoms with Gasteiger partial charge in [0, 0.05) is 24.8 Å². The Bertz CT molecular complexity index is 263. The fourth-order valence-corrected chi connectivity index (χ4v) is 1.13. The van der Waals surface area contributed by atoms with Gasteiger partial charge in [-0.05, 0) is 6.92 Å². The quantitative estimate of drug-likeness (QED) is 0.689. The van der Waals surface area contributed by atoms with Crippen molar-refractivity contribution in [1.82, 2.24) is 14.9 Å². The summed E-state index contributed by atoms with van der Waals surface area (Å²) < 4.78 is 2.02. The zero-order valence-corrected chi connectivity index (χ0v) is 9.78. The number of fused-ring (bicyclic) bond motifs is 1. The molecule has 0 fully saturated rings. The summed E-state index contributed by atoms with van der Waals surface area (Å²) in [7, 11) is 0. The molecule has 1 aromatic heterocycles. The van der Waals surface area contributed by atoms with Crippen molar-refractivity contribution in [3.8, 4) is 0 Å². The first kappa shape index (κ1) is 12.8. The predicted octanol–water partition coefficient (Wildman–Crippen LogP) is 3.03. The van der Waals surface area contributed by atoms with Crippen LogP contribution in [0.2, 0.25) is 0 Å². The van der Waals surface area contributed by atoms with Crippen LogP contribution < -0.4 is 5.32 Å². The third-order valence-electron chi connectivity index (χ3n) is 1.67. The van der Waals surface area contributed by atoms with Crippen LogP contribution in [0.1, 0.15) is 46.5 Å². The SMILES string of the molecule is CC.CC.CC1NC=Cn2ccnc21. The van der Waals surface area contributed by atoms with E-state index in [-0.39, 0.29) is 0 Å². The number of imidazole rings is 1. The van der Waals surface area contributed by atoms with Crippen molar-refractivity contribution in [2.45, 2.75) is 40.7 Å². The zero-order valence-electron chi connectivity index (χ0n) is 9.78. The van der Waals surface area contributed by atoms with Crippen molar-refractivity contribution in [2.24, 2.45) is 0 Å². The first-order chi connectivity index (χ1) is 6.88. The van der Waals surface area contributed by atoms with E-state index in [1.807, 2.05) is 57.1 Å². The minimum absolute atomic E-state index is 0.333. The van der Waals surface area contributed by atoms with Gasteiger partial charge in [0.2, 0.25) is 0 Å². The van der Waals surface area contributed by atoms with Crippen LogP contribution >= 0.6 is 0 Å². The van der Waals surface area contributed by atoms with Crippen LogP contribution in [0.5, 0.6) is 0 Å². The number of aromatic nitrogens is 2. The zero-order chi connectivity index (χ0) is 11.0. The number of nitrogens with one attached hydrogen (secondary N) is 1. The number of rotatable bonds is 0. The maximum absolute atomic E-state index is 4.19. The molecule has 0 aliphatic carbocycles. The van der Waals surface area contributed by atoms with Gasteiger partial charge in [-0.1, -0.05) is 27.7 Å². The number of nitrogens with zero attached hydrogens (tertiary/aromatic N) is 2. The largest absolute Gasteiger partial charge is 0.380 e. The molecule has 2 heterocycles. The van der Waals surface area contributed by atoms with E-state index in [1.54, 1.807) is 0 Å². The van der Waals surface area contributed by atoms with Gasteiger partial charge in [-0.2, -0.15) is 0 Å². The Balaban J connectivity index is 0.000000379. The summed E-state index contributed by atoms with van der Waals surface area (Å²) in [6.07, 6.45) is 7.65. The summed E-state index contributed by atoms with van der Waals surface area (Å²) in [4.78, 5) is 4.19. The summed E-state index contributed by atoms with van der Waals surface area (Å²) in [5.41, 5.74) is 0. The maximum atomic E-state index is 4.19. The summed E-state index contributed by atoms with van der Waals surface area (Å²) >= 11 is 0. The molecule has 14 heavy (non-hydrogen) atoms. The molecule has 0 aromatic carbocycles. The highest BCUT2D eigenvalue weighted by atomic mass is 15.1. The van der Waals surface area contributed by atoms with Gasteiger partial charge >= 0.3 is 0 Å². The van der Waals surface area contributed by atoms with Gasteiger partial charge in [-0.25, -0.2) is 4.98 Å². The van der Waals surface area contributed by atoms with Gasteiger partial charge in [-0.3, -0.25) is 0 Å². The fraction of sp³-hybridized carbons (Fsp3) is 0.545. The molecule has 0 spiro atoms. The van der Waals surface area contributed by atoms with E-state index >= 15 is 0 Å². The van der Waals surface area contributed by atoms with Gasteiger partial charge in [0.1, 0.15) is 5.82 Å². The minimum atomic E-state index is 0.333. The fourth-order valence-electron chi connectivity index (χ4n) is 1.13. The van der Waals surface area contributed by atoms with Crippen LogP contribution in [0, 0.1) is 0 Å². The monoisotopic (exact) mass is 195 g/mol. The highest BCUT2D eigenvalue weighted by molar-refractivity contribution is 5.28. The second-order valence-electron chi connectivity index (χ2n) is 2.40. The smallest absolute Gasteiger partial charge is 0.135 e. The van der Waals surface area contributed by atoms with E-state index in [0.29, 0.717) is 6.04 Å². The molecule has 1 aliphatic rings. The molecule has 3 heteroatoms. The van der Waals surface area contributed by atoms with Gasteiger partial charge in [0.15, 0.2) is 0 Å². The summed E-state index contributed by atoms with van der Waals surface area (Å²) in [5.74, 6) is 1.07. The van der Waals surface area contributed by atoms with Crippen molar-refractivity contribution >= 4 is 6.20 Å². The molecule has 80 valence electrons. The predicted molar refractivity (Wildman–Crippen MR) is 61.8 cm³/mol. The van der Waals surface area contributed by atoms with Crippen LogP contribution in [0.15, 0.2) is 18.6 Å². The second kappa shape index (κ2) is 7.18. The summed E-state index contributed by atoms with van der Waals surface area (Å²) in [5, 5.41) is 3.16. The van der Waals surface area contributed by atoms with E-state index in [2.05, 4.69) is 17.2 Å². The molecule has 1 unspecified atom stereocenters. The lowest BCUT2D eigenvalue weighted by Gasteiger charge is -2.16. The van der Waals surface area contributed by atoms with Gasteiger partial charge in [0.25, 0.3) is 0 Å². The molecule has 1 N–H and O–H groups in total. The minimum Gasteiger partial charge on any atom is -0.380 e. The normalized spacial score (nSPS) is 16.5. The molecular formula is C11H21N3. The average molecular weight is 195 g/mol. The van der Waals surface area contributed by atoms with Gasteiger partial charge < -0.3 is 9.88 Å². The van der Waals surface area contributed by atoms with E-state index in [9.17, 15) is 0 Å². The van der Waals surface area contributed by atoms with Crippen molar-refractivity contribution in [3.05, 3.63) is 24.4 Å². The van der Waals surface area contributed by atoms with E-state index in [0.717, 1.165) is 5.82 Å². The molecular weight excluding hydrogens is 174 g/mol. The molecule has 2 rings (SSSR count). The molecule has 3 nitrogen and oxygen atoms in total. The van der Waals surface area contributed by atoms with E-state index < -0.39 is 0 Å². The molecule has 0 saturated carbocycles. The van der Waals surface area contributed by atoms with Crippen molar-refractivity contribution < 1.29 is 0 Å². The Hall–Kier alpha value is -1.25. The topological polar surface area (TPSA) is 29.9 Å². The Labute approximate surface area is 86.9 Å². The van der Waals surface area contributed by atoms with Crippen LogP contribution in [0.3, 0.4) is 0 Å².